The first-order valence-electron chi connectivity index (χ1n) is 5.39. The maximum absolute atomic E-state index is 12.6. The summed E-state index contributed by atoms with van der Waals surface area (Å²) in [4.78, 5) is 0.990. The van der Waals surface area contributed by atoms with E-state index in [1.54, 1.807) is 23.9 Å². The quantitative estimate of drug-likeness (QED) is 0.446. The van der Waals surface area contributed by atoms with Crippen molar-refractivity contribution >= 4 is 11.8 Å². The van der Waals surface area contributed by atoms with Gasteiger partial charge in [0, 0.05) is 10.6 Å². The van der Waals surface area contributed by atoms with Crippen molar-refractivity contribution < 1.29 is 9.50 Å². The minimum Gasteiger partial charge on any atom is -0.392 e. The number of hydrogen-bond donors (Lipinski definition) is 1. The second kappa shape index (κ2) is 7.47. The number of aliphatic hydroxyl groups excluding tert-OH is 1. The summed E-state index contributed by atoms with van der Waals surface area (Å²) in [6, 6.07) is 6.34. The highest BCUT2D eigenvalue weighted by atomic mass is 32.2. The largest absolute Gasteiger partial charge is 0.392 e. The van der Waals surface area contributed by atoms with Crippen LogP contribution in [0.3, 0.4) is 0 Å². The van der Waals surface area contributed by atoms with Crippen molar-refractivity contribution in [2.75, 3.05) is 5.75 Å². The Hall–Kier alpha value is -0.800. The Labute approximate surface area is 100 Å². The van der Waals surface area contributed by atoms with E-state index in [1.165, 1.54) is 12.1 Å². The molecule has 0 radical (unpaired) electrons. The molecule has 0 aliphatic carbocycles. The second-order valence-corrected chi connectivity index (χ2v) is 4.73. The van der Waals surface area contributed by atoms with Gasteiger partial charge >= 0.3 is 0 Å². The van der Waals surface area contributed by atoms with E-state index in [4.69, 9.17) is 0 Å². The predicted molar refractivity (Wildman–Crippen MR) is 67.2 cm³/mol. The fourth-order valence-electron chi connectivity index (χ4n) is 1.30. The number of thioether (sulfide) groups is 1. The normalized spacial score (nSPS) is 12.4. The van der Waals surface area contributed by atoms with Gasteiger partial charge in [0.25, 0.3) is 0 Å². The van der Waals surface area contributed by atoms with Crippen LogP contribution in [0.2, 0.25) is 0 Å². The lowest BCUT2D eigenvalue weighted by atomic mass is 10.2. The molecular weight excluding hydrogens is 223 g/mol. The number of hydrogen-bond acceptors (Lipinski definition) is 2. The van der Waals surface area contributed by atoms with Gasteiger partial charge in [0.1, 0.15) is 5.82 Å². The fraction of sp³-hybridized carbons (Fsp3) is 0.385. The minimum atomic E-state index is -0.296. The molecule has 3 heteroatoms. The summed E-state index contributed by atoms with van der Waals surface area (Å²) in [5, 5.41) is 9.66. The molecule has 0 spiro atoms. The van der Waals surface area contributed by atoms with Gasteiger partial charge in [-0.05, 0) is 43.5 Å². The molecule has 1 rings (SSSR count). The molecule has 1 aromatic rings. The molecule has 1 atom stereocenters. The molecule has 0 saturated carbocycles. The van der Waals surface area contributed by atoms with Crippen LogP contribution in [0.25, 0.3) is 0 Å². The SMILES string of the molecule is C=CCCCC(O)CSc1ccc(F)cc1. The molecule has 0 aliphatic rings. The molecule has 0 aromatic heterocycles. The first kappa shape index (κ1) is 13.3. The highest BCUT2D eigenvalue weighted by Crippen LogP contribution is 2.20. The molecule has 0 bridgehead atoms. The lowest BCUT2D eigenvalue weighted by Gasteiger charge is -2.09. The van der Waals surface area contributed by atoms with Gasteiger partial charge in [-0.15, -0.1) is 18.3 Å². The third-order valence-corrected chi connectivity index (χ3v) is 3.36. The van der Waals surface area contributed by atoms with Crippen LogP contribution in [-0.2, 0) is 0 Å². The van der Waals surface area contributed by atoms with E-state index in [9.17, 15) is 9.50 Å². The van der Waals surface area contributed by atoms with Crippen LogP contribution in [0.1, 0.15) is 19.3 Å². The highest BCUT2D eigenvalue weighted by molar-refractivity contribution is 7.99. The van der Waals surface area contributed by atoms with Gasteiger partial charge < -0.3 is 5.11 Å². The molecule has 1 unspecified atom stereocenters. The van der Waals surface area contributed by atoms with Gasteiger partial charge in [0.2, 0.25) is 0 Å². The van der Waals surface area contributed by atoms with Gasteiger partial charge in [-0.2, -0.15) is 0 Å². The zero-order chi connectivity index (χ0) is 11.8. The molecule has 1 N–H and O–H groups in total. The van der Waals surface area contributed by atoms with Crippen LogP contribution in [-0.4, -0.2) is 17.0 Å². The molecule has 0 saturated heterocycles. The summed E-state index contributed by atoms with van der Waals surface area (Å²) in [7, 11) is 0. The molecule has 1 nitrogen and oxygen atoms in total. The molecule has 0 amide bonds. The molecule has 0 aliphatic heterocycles. The van der Waals surface area contributed by atoms with E-state index in [1.807, 2.05) is 6.08 Å². The van der Waals surface area contributed by atoms with Crippen molar-refractivity contribution in [3.05, 3.63) is 42.7 Å². The van der Waals surface area contributed by atoms with Crippen LogP contribution < -0.4 is 0 Å². The Balaban J connectivity index is 2.23. The van der Waals surface area contributed by atoms with E-state index >= 15 is 0 Å². The maximum atomic E-state index is 12.6. The van der Waals surface area contributed by atoms with Crippen LogP contribution in [0, 0.1) is 5.82 Å². The molecule has 0 heterocycles. The highest BCUT2D eigenvalue weighted by Gasteiger charge is 2.04. The van der Waals surface area contributed by atoms with Gasteiger partial charge in [0.05, 0.1) is 6.10 Å². The third kappa shape index (κ3) is 5.33. The first-order chi connectivity index (χ1) is 7.72. The second-order valence-electron chi connectivity index (χ2n) is 3.64. The monoisotopic (exact) mass is 240 g/mol. The average molecular weight is 240 g/mol. The van der Waals surface area contributed by atoms with Crippen molar-refractivity contribution in [1.29, 1.82) is 0 Å². The Kier molecular flexibility index (Phi) is 6.19. The molecule has 0 fully saturated rings. The maximum Gasteiger partial charge on any atom is 0.123 e. The van der Waals surface area contributed by atoms with Crippen molar-refractivity contribution in [1.82, 2.24) is 0 Å². The number of benzene rings is 1. The zero-order valence-electron chi connectivity index (χ0n) is 9.23. The smallest absolute Gasteiger partial charge is 0.123 e. The first-order valence-corrected chi connectivity index (χ1v) is 6.38. The van der Waals surface area contributed by atoms with E-state index in [0.717, 1.165) is 24.2 Å². The standard InChI is InChI=1S/C13H17FOS/c1-2-3-4-5-12(15)10-16-13-8-6-11(14)7-9-13/h2,6-9,12,15H,1,3-5,10H2. The van der Waals surface area contributed by atoms with Crippen molar-refractivity contribution in [2.45, 2.75) is 30.3 Å². The number of rotatable bonds is 7. The third-order valence-electron chi connectivity index (χ3n) is 2.20. The Morgan fingerprint density at radius 1 is 1.38 bits per heavy atom. The topological polar surface area (TPSA) is 20.2 Å². The molecule has 16 heavy (non-hydrogen) atoms. The van der Waals surface area contributed by atoms with Gasteiger partial charge in [0.15, 0.2) is 0 Å². The Bertz CT molecular complexity index is 310. The summed E-state index contributed by atoms with van der Waals surface area (Å²) < 4.78 is 12.6. The van der Waals surface area contributed by atoms with Gasteiger partial charge in [-0.25, -0.2) is 4.39 Å². The average Bonchev–Trinajstić information content (AvgIpc) is 2.29. The zero-order valence-corrected chi connectivity index (χ0v) is 10.0. The summed E-state index contributed by atoms with van der Waals surface area (Å²) in [5.74, 6) is 0.429. The van der Waals surface area contributed by atoms with Crippen LogP contribution in [0.5, 0.6) is 0 Å². The van der Waals surface area contributed by atoms with E-state index < -0.39 is 0 Å². The lowest BCUT2D eigenvalue weighted by molar-refractivity contribution is 0.186. The number of halogens is 1. The number of unbranched alkanes of at least 4 members (excludes halogenated alkanes) is 1. The summed E-state index contributed by atoms with van der Waals surface area (Å²) in [6.07, 6.45) is 4.27. The summed E-state index contributed by atoms with van der Waals surface area (Å²) in [5.41, 5.74) is 0. The lowest BCUT2D eigenvalue weighted by Crippen LogP contribution is -2.09. The molecule has 88 valence electrons. The number of allylic oxidation sites excluding steroid dienone is 1. The summed E-state index contributed by atoms with van der Waals surface area (Å²) >= 11 is 1.55. The van der Waals surface area contributed by atoms with Crippen LogP contribution in [0.4, 0.5) is 4.39 Å². The van der Waals surface area contributed by atoms with E-state index in [0.29, 0.717) is 5.75 Å². The Morgan fingerprint density at radius 2 is 2.06 bits per heavy atom. The number of aliphatic hydroxyl groups is 1. The fourth-order valence-corrected chi connectivity index (χ4v) is 2.18. The molecular formula is C13H17FOS. The van der Waals surface area contributed by atoms with Crippen LogP contribution in [0.15, 0.2) is 41.8 Å². The van der Waals surface area contributed by atoms with Crippen LogP contribution >= 0.6 is 11.8 Å². The Morgan fingerprint density at radius 3 is 2.69 bits per heavy atom. The summed E-state index contributed by atoms with van der Waals surface area (Å²) in [6.45, 7) is 3.64. The van der Waals surface area contributed by atoms with Crippen molar-refractivity contribution in [3.63, 3.8) is 0 Å². The van der Waals surface area contributed by atoms with Gasteiger partial charge in [-0.3, -0.25) is 0 Å². The van der Waals surface area contributed by atoms with E-state index in [2.05, 4.69) is 6.58 Å². The predicted octanol–water partition coefficient (Wildman–Crippen LogP) is 3.64. The van der Waals surface area contributed by atoms with Gasteiger partial charge in [-0.1, -0.05) is 6.08 Å². The van der Waals surface area contributed by atoms with Crippen molar-refractivity contribution in [2.24, 2.45) is 0 Å². The molecule has 1 aromatic carbocycles. The van der Waals surface area contributed by atoms with Crippen molar-refractivity contribution in [3.8, 4) is 0 Å². The van der Waals surface area contributed by atoms with E-state index in [-0.39, 0.29) is 11.9 Å². The minimum absolute atomic E-state index is 0.226.